The standard InChI is InChI=1S/C12H7BrClN3S2/c13-7-1-2-10(15-5-7)19-6-9-16-11(14)8-3-4-18-12(8)17-9/h1-5H,6H2. The Morgan fingerprint density at radius 2 is 2.16 bits per heavy atom. The SMILES string of the molecule is Clc1nc(CSc2ccc(Br)cn2)nc2sccc12. The third-order valence-electron chi connectivity index (χ3n) is 2.37. The largest absolute Gasteiger partial charge is 0.249 e. The average Bonchev–Trinajstić information content (AvgIpc) is 2.87. The van der Waals surface area contributed by atoms with Gasteiger partial charge in [-0.05, 0) is 39.5 Å². The zero-order chi connectivity index (χ0) is 13.2. The summed E-state index contributed by atoms with van der Waals surface area (Å²) in [6.07, 6.45) is 1.78. The van der Waals surface area contributed by atoms with Gasteiger partial charge in [-0.25, -0.2) is 15.0 Å². The zero-order valence-electron chi connectivity index (χ0n) is 9.51. The van der Waals surface area contributed by atoms with E-state index in [0.717, 1.165) is 25.5 Å². The monoisotopic (exact) mass is 371 g/mol. The van der Waals surface area contributed by atoms with E-state index in [4.69, 9.17) is 11.6 Å². The molecule has 0 aromatic carbocycles. The molecule has 3 rings (SSSR count). The molecule has 0 bridgehead atoms. The first-order valence-electron chi connectivity index (χ1n) is 5.36. The minimum absolute atomic E-state index is 0.519. The van der Waals surface area contributed by atoms with Crippen LogP contribution in [0.15, 0.2) is 39.3 Å². The molecule has 96 valence electrons. The van der Waals surface area contributed by atoms with Crippen molar-refractivity contribution < 1.29 is 0 Å². The van der Waals surface area contributed by atoms with Gasteiger partial charge in [0.1, 0.15) is 15.8 Å². The molecule has 3 nitrogen and oxygen atoms in total. The first-order valence-corrected chi connectivity index (χ1v) is 8.40. The van der Waals surface area contributed by atoms with Crippen molar-refractivity contribution in [1.29, 1.82) is 0 Å². The van der Waals surface area contributed by atoms with E-state index in [1.807, 2.05) is 23.6 Å². The Morgan fingerprint density at radius 1 is 1.26 bits per heavy atom. The number of rotatable bonds is 3. The highest BCUT2D eigenvalue weighted by atomic mass is 79.9. The summed E-state index contributed by atoms with van der Waals surface area (Å²) in [5, 5.41) is 4.35. The van der Waals surface area contributed by atoms with Crippen LogP contribution in [0.2, 0.25) is 5.15 Å². The molecule has 0 radical (unpaired) electrons. The van der Waals surface area contributed by atoms with Gasteiger partial charge < -0.3 is 0 Å². The van der Waals surface area contributed by atoms with Crippen LogP contribution in [0.25, 0.3) is 10.2 Å². The number of halogens is 2. The van der Waals surface area contributed by atoms with E-state index in [2.05, 4.69) is 30.9 Å². The van der Waals surface area contributed by atoms with Crippen LogP contribution >= 0.6 is 50.6 Å². The Balaban J connectivity index is 1.79. The number of thiophene rings is 1. The van der Waals surface area contributed by atoms with Crippen LogP contribution in [0.4, 0.5) is 0 Å². The van der Waals surface area contributed by atoms with E-state index in [9.17, 15) is 0 Å². The molecular weight excluding hydrogens is 366 g/mol. The lowest BCUT2D eigenvalue weighted by molar-refractivity contribution is 1.06. The second-order valence-electron chi connectivity index (χ2n) is 3.67. The number of nitrogens with zero attached hydrogens (tertiary/aromatic N) is 3. The lowest BCUT2D eigenvalue weighted by Crippen LogP contribution is -1.93. The minimum atomic E-state index is 0.519. The maximum absolute atomic E-state index is 6.13. The van der Waals surface area contributed by atoms with Crippen LogP contribution in [0.3, 0.4) is 0 Å². The zero-order valence-corrected chi connectivity index (χ0v) is 13.5. The van der Waals surface area contributed by atoms with Crippen molar-refractivity contribution in [2.75, 3.05) is 0 Å². The van der Waals surface area contributed by atoms with Crippen molar-refractivity contribution in [3.8, 4) is 0 Å². The molecule has 0 amide bonds. The van der Waals surface area contributed by atoms with Gasteiger partial charge in [-0.1, -0.05) is 23.4 Å². The van der Waals surface area contributed by atoms with E-state index in [1.165, 1.54) is 0 Å². The molecule has 0 saturated heterocycles. The van der Waals surface area contributed by atoms with Gasteiger partial charge in [0.05, 0.1) is 10.8 Å². The molecule has 19 heavy (non-hydrogen) atoms. The van der Waals surface area contributed by atoms with Crippen LogP contribution < -0.4 is 0 Å². The Labute approximate surface area is 131 Å². The summed E-state index contributed by atoms with van der Waals surface area (Å²) in [5.41, 5.74) is 0. The van der Waals surface area contributed by atoms with Crippen molar-refractivity contribution in [2.24, 2.45) is 0 Å². The molecule has 0 aliphatic heterocycles. The number of aromatic nitrogens is 3. The number of pyridine rings is 1. The van der Waals surface area contributed by atoms with Gasteiger partial charge in [0.2, 0.25) is 0 Å². The van der Waals surface area contributed by atoms with E-state index in [-0.39, 0.29) is 0 Å². The van der Waals surface area contributed by atoms with E-state index >= 15 is 0 Å². The second kappa shape index (κ2) is 5.75. The third kappa shape index (κ3) is 3.08. The maximum Gasteiger partial charge on any atom is 0.142 e. The van der Waals surface area contributed by atoms with Gasteiger partial charge in [0, 0.05) is 16.1 Å². The topological polar surface area (TPSA) is 38.7 Å². The van der Waals surface area contributed by atoms with Gasteiger partial charge in [0.15, 0.2) is 0 Å². The quantitative estimate of drug-likeness (QED) is 0.489. The number of thioether (sulfide) groups is 1. The fourth-order valence-corrected chi connectivity index (χ4v) is 3.53. The summed E-state index contributed by atoms with van der Waals surface area (Å²) in [6.45, 7) is 0. The summed E-state index contributed by atoms with van der Waals surface area (Å²) in [4.78, 5) is 14.0. The predicted octanol–water partition coefficient (Wildman–Crippen LogP) is 4.79. The summed E-state index contributed by atoms with van der Waals surface area (Å²) >= 11 is 12.7. The highest BCUT2D eigenvalue weighted by Crippen LogP contribution is 2.27. The molecule has 3 aromatic rings. The lowest BCUT2D eigenvalue weighted by atomic mass is 10.4. The maximum atomic E-state index is 6.13. The van der Waals surface area contributed by atoms with Gasteiger partial charge in [-0.2, -0.15) is 0 Å². The number of hydrogen-bond acceptors (Lipinski definition) is 5. The van der Waals surface area contributed by atoms with Gasteiger partial charge >= 0.3 is 0 Å². The van der Waals surface area contributed by atoms with Crippen LogP contribution in [0, 0.1) is 0 Å². The van der Waals surface area contributed by atoms with E-state index in [1.54, 1.807) is 29.3 Å². The Kier molecular flexibility index (Phi) is 4.02. The first-order chi connectivity index (χ1) is 9.22. The van der Waals surface area contributed by atoms with Gasteiger partial charge in [-0.15, -0.1) is 11.3 Å². The molecular formula is C12H7BrClN3S2. The fourth-order valence-electron chi connectivity index (χ4n) is 1.51. The van der Waals surface area contributed by atoms with Crippen LogP contribution in [0.5, 0.6) is 0 Å². The van der Waals surface area contributed by atoms with Crippen LogP contribution in [-0.4, -0.2) is 15.0 Å². The molecule has 7 heteroatoms. The number of hydrogen-bond donors (Lipinski definition) is 0. The van der Waals surface area contributed by atoms with Gasteiger partial charge in [0.25, 0.3) is 0 Å². The van der Waals surface area contributed by atoms with Crippen molar-refractivity contribution in [2.45, 2.75) is 10.8 Å². The highest BCUT2D eigenvalue weighted by molar-refractivity contribution is 9.10. The summed E-state index contributed by atoms with van der Waals surface area (Å²) in [6, 6.07) is 5.86. The van der Waals surface area contributed by atoms with Gasteiger partial charge in [-0.3, -0.25) is 0 Å². The highest BCUT2D eigenvalue weighted by Gasteiger charge is 2.07. The number of fused-ring (bicyclic) bond motifs is 1. The van der Waals surface area contributed by atoms with Crippen molar-refractivity contribution >= 4 is 60.8 Å². The van der Waals surface area contributed by atoms with Crippen molar-refractivity contribution in [3.63, 3.8) is 0 Å². The second-order valence-corrected chi connectivity index (χ2v) is 6.84. The Hall–Kier alpha value is -0.690. The molecule has 0 atom stereocenters. The Morgan fingerprint density at radius 3 is 2.95 bits per heavy atom. The normalized spacial score (nSPS) is 11.1. The smallest absolute Gasteiger partial charge is 0.142 e. The fraction of sp³-hybridized carbons (Fsp3) is 0.0833. The molecule has 0 fully saturated rings. The molecule has 0 unspecified atom stereocenters. The van der Waals surface area contributed by atoms with Crippen molar-refractivity contribution in [1.82, 2.24) is 15.0 Å². The Bertz CT molecular complexity index is 715. The van der Waals surface area contributed by atoms with Crippen LogP contribution in [0.1, 0.15) is 5.82 Å². The van der Waals surface area contributed by atoms with Crippen molar-refractivity contribution in [3.05, 3.63) is 45.2 Å². The molecule has 0 N–H and O–H groups in total. The summed E-state index contributed by atoms with van der Waals surface area (Å²) in [5.74, 6) is 1.39. The molecule has 0 aliphatic rings. The van der Waals surface area contributed by atoms with Crippen LogP contribution in [-0.2, 0) is 5.75 Å². The minimum Gasteiger partial charge on any atom is -0.249 e. The van der Waals surface area contributed by atoms with E-state index < -0.39 is 0 Å². The summed E-state index contributed by atoms with van der Waals surface area (Å²) < 4.78 is 0.969. The molecule has 3 aromatic heterocycles. The van der Waals surface area contributed by atoms with E-state index in [0.29, 0.717) is 10.9 Å². The molecule has 0 aliphatic carbocycles. The third-order valence-corrected chi connectivity index (χ3v) is 4.88. The lowest BCUT2D eigenvalue weighted by Gasteiger charge is -2.02. The molecule has 0 spiro atoms. The first kappa shape index (κ1) is 13.3. The average molecular weight is 373 g/mol. The summed E-state index contributed by atoms with van der Waals surface area (Å²) in [7, 11) is 0. The molecule has 3 heterocycles. The molecule has 0 saturated carbocycles. The predicted molar refractivity (Wildman–Crippen MR) is 83.9 cm³/mol.